The molecule has 1 unspecified atom stereocenters. The Morgan fingerprint density at radius 3 is 3.00 bits per heavy atom. The Morgan fingerprint density at radius 1 is 1.47 bits per heavy atom. The fraction of sp³-hybridized carbons (Fsp3) is 0.333. The van der Waals surface area contributed by atoms with E-state index in [1.807, 2.05) is 17.8 Å². The van der Waals surface area contributed by atoms with Crippen LogP contribution in [0.2, 0.25) is 0 Å². The van der Waals surface area contributed by atoms with E-state index in [-0.39, 0.29) is 0 Å². The van der Waals surface area contributed by atoms with E-state index in [9.17, 15) is 0 Å². The van der Waals surface area contributed by atoms with Crippen molar-refractivity contribution in [3.63, 3.8) is 0 Å². The zero-order valence-electron chi connectivity index (χ0n) is 9.56. The Bertz CT molecular complexity index is 459. The topological polar surface area (TPSA) is 37.8 Å². The molecule has 0 radical (unpaired) electrons. The molecule has 3 nitrogen and oxygen atoms in total. The predicted molar refractivity (Wildman–Crippen MR) is 73.9 cm³/mol. The molecule has 1 N–H and O–H groups in total. The van der Waals surface area contributed by atoms with Crippen LogP contribution in [0.3, 0.4) is 0 Å². The van der Waals surface area contributed by atoms with Crippen molar-refractivity contribution >= 4 is 27.3 Å². The van der Waals surface area contributed by atoms with Crippen LogP contribution >= 0.6 is 27.3 Å². The standard InChI is InChI=1S/C12H14BrN3S/c1-2-11(12-15-3-4-17-12)16-7-9-5-10(13)8-14-6-9/h3-6,8,11,16H,2,7H2,1H3. The fourth-order valence-corrected chi connectivity index (χ4v) is 2.82. The number of aromatic nitrogens is 2. The molecule has 2 heterocycles. The van der Waals surface area contributed by atoms with Crippen LogP contribution in [0.25, 0.3) is 0 Å². The van der Waals surface area contributed by atoms with Gasteiger partial charge in [0.15, 0.2) is 0 Å². The maximum atomic E-state index is 4.35. The molecule has 2 aromatic rings. The van der Waals surface area contributed by atoms with Gasteiger partial charge in [-0.15, -0.1) is 11.3 Å². The molecule has 5 heteroatoms. The molecule has 17 heavy (non-hydrogen) atoms. The van der Waals surface area contributed by atoms with Gasteiger partial charge in [0, 0.05) is 35.0 Å². The summed E-state index contributed by atoms with van der Waals surface area (Å²) in [6, 6.07) is 2.41. The molecule has 0 aliphatic rings. The summed E-state index contributed by atoms with van der Waals surface area (Å²) < 4.78 is 1.01. The smallest absolute Gasteiger partial charge is 0.109 e. The van der Waals surface area contributed by atoms with Crippen LogP contribution in [0.4, 0.5) is 0 Å². The molecular formula is C12H14BrN3S. The summed E-state index contributed by atoms with van der Waals surface area (Å²) in [6.07, 6.45) is 6.56. The molecule has 0 bridgehead atoms. The summed E-state index contributed by atoms with van der Waals surface area (Å²) in [7, 11) is 0. The van der Waals surface area contributed by atoms with E-state index < -0.39 is 0 Å². The Hall–Kier alpha value is -0.780. The molecule has 1 atom stereocenters. The second-order valence-corrected chi connectivity index (χ2v) is 5.57. The Morgan fingerprint density at radius 2 is 2.35 bits per heavy atom. The molecule has 2 aromatic heterocycles. The van der Waals surface area contributed by atoms with Crippen molar-refractivity contribution in [2.45, 2.75) is 25.9 Å². The first-order valence-corrected chi connectivity index (χ1v) is 7.19. The number of hydrogen-bond acceptors (Lipinski definition) is 4. The van der Waals surface area contributed by atoms with Crippen molar-refractivity contribution in [1.29, 1.82) is 0 Å². The lowest BCUT2D eigenvalue weighted by atomic mass is 10.2. The second-order valence-electron chi connectivity index (χ2n) is 3.72. The first kappa shape index (κ1) is 12.7. The molecule has 0 spiro atoms. The Labute approximate surface area is 113 Å². The highest BCUT2D eigenvalue weighted by molar-refractivity contribution is 9.10. The zero-order valence-corrected chi connectivity index (χ0v) is 12.0. The number of rotatable bonds is 5. The zero-order chi connectivity index (χ0) is 12.1. The lowest BCUT2D eigenvalue weighted by Gasteiger charge is -2.14. The normalized spacial score (nSPS) is 12.6. The Balaban J connectivity index is 1.97. The van der Waals surface area contributed by atoms with Crippen LogP contribution in [0, 0.1) is 0 Å². The van der Waals surface area contributed by atoms with Gasteiger partial charge < -0.3 is 5.32 Å². The van der Waals surface area contributed by atoms with Gasteiger partial charge in [0.25, 0.3) is 0 Å². The SMILES string of the molecule is CCC(NCc1cncc(Br)c1)c1nccs1. The number of nitrogens with one attached hydrogen (secondary N) is 1. The van der Waals surface area contributed by atoms with E-state index >= 15 is 0 Å². The second kappa shape index (κ2) is 6.23. The van der Waals surface area contributed by atoms with Crippen LogP contribution < -0.4 is 5.32 Å². The molecule has 2 rings (SSSR count). The van der Waals surface area contributed by atoms with Gasteiger partial charge in [0.05, 0.1) is 6.04 Å². The maximum absolute atomic E-state index is 4.35. The summed E-state index contributed by atoms with van der Waals surface area (Å²) in [5.74, 6) is 0. The van der Waals surface area contributed by atoms with Gasteiger partial charge in [-0.1, -0.05) is 6.92 Å². The van der Waals surface area contributed by atoms with E-state index in [1.165, 1.54) is 5.56 Å². The lowest BCUT2D eigenvalue weighted by Crippen LogP contribution is -2.20. The van der Waals surface area contributed by atoms with Crippen LogP contribution in [-0.2, 0) is 6.54 Å². The van der Waals surface area contributed by atoms with E-state index in [4.69, 9.17) is 0 Å². The highest BCUT2D eigenvalue weighted by Crippen LogP contribution is 2.19. The Kier molecular flexibility index (Phi) is 4.65. The quantitative estimate of drug-likeness (QED) is 0.917. The van der Waals surface area contributed by atoms with Gasteiger partial charge in [-0.05, 0) is 34.0 Å². The van der Waals surface area contributed by atoms with Gasteiger partial charge >= 0.3 is 0 Å². The first-order valence-electron chi connectivity index (χ1n) is 5.51. The van der Waals surface area contributed by atoms with Gasteiger partial charge in [0.1, 0.15) is 5.01 Å². The summed E-state index contributed by atoms with van der Waals surface area (Å²) in [5.41, 5.74) is 1.18. The van der Waals surface area contributed by atoms with Gasteiger partial charge in [-0.3, -0.25) is 4.98 Å². The van der Waals surface area contributed by atoms with Crippen molar-refractivity contribution in [1.82, 2.24) is 15.3 Å². The summed E-state index contributed by atoms with van der Waals surface area (Å²) in [6.45, 7) is 2.97. The fourth-order valence-electron chi connectivity index (χ4n) is 1.61. The average Bonchev–Trinajstić information content (AvgIpc) is 2.84. The van der Waals surface area contributed by atoms with Gasteiger partial charge in [-0.2, -0.15) is 0 Å². The minimum Gasteiger partial charge on any atom is -0.304 e. The number of nitrogens with zero attached hydrogens (tertiary/aromatic N) is 2. The third kappa shape index (κ3) is 3.59. The number of hydrogen-bond donors (Lipinski definition) is 1. The summed E-state index contributed by atoms with van der Waals surface area (Å²) in [4.78, 5) is 8.50. The maximum Gasteiger partial charge on any atom is 0.109 e. The first-order chi connectivity index (χ1) is 8.29. The van der Waals surface area contributed by atoms with Crippen LogP contribution in [0.1, 0.15) is 30.0 Å². The van der Waals surface area contributed by atoms with E-state index in [1.54, 1.807) is 17.5 Å². The molecular weight excluding hydrogens is 298 g/mol. The third-order valence-electron chi connectivity index (χ3n) is 2.47. The molecule has 0 fully saturated rings. The highest BCUT2D eigenvalue weighted by Gasteiger charge is 2.10. The van der Waals surface area contributed by atoms with E-state index in [0.29, 0.717) is 6.04 Å². The van der Waals surface area contributed by atoms with Gasteiger partial charge in [0.2, 0.25) is 0 Å². The number of thiazole rings is 1. The average molecular weight is 312 g/mol. The molecule has 90 valence electrons. The predicted octanol–water partition coefficient (Wildman–Crippen LogP) is 3.54. The van der Waals surface area contributed by atoms with Crippen molar-refractivity contribution in [2.75, 3.05) is 0 Å². The van der Waals surface area contributed by atoms with Crippen molar-refractivity contribution in [2.24, 2.45) is 0 Å². The van der Waals surface area contributed by atoms with Crippen molar-refractivity contribution < 1.29 is 0 Å². The van der Waals surface area contributed by atoms with Crippen molar-refractivity contribution in [3.8, 4) is 0 Å². The van der Waals surface area contributed by atoms with E-state index in [0.717, 1.165) is 22.4 Å². The van der Waals surface area contributed by atoms with Crippen LogP contribution in [0.5, 0.6) is 0 Å². The summed E-state index contributed by atoms with van der Waals surface area (Å²) in [5, 5.41) is 6.67. The number of pyridine rings is 1. The largest absolute Gasteiger partial charge is 0.304 e. The third-order valence-corrected chi connectivity index (χ3v) is 3.79. The van der Waals surface area contributed by atoms with E-state index in [2.05, 4.69) is 44.2 Å². The lowest BCUT2D eigenvalue weighted by molar-refractivity contribution is 0.516. The van der Waals surface area contributed by atoms with Crippen LogP contribution in [0.15, 0.2) is 34.5 Å². The molecule has 0 aliphatic carbocycles. The molecule has 0 saturated heterocycles. The van der Waals surface area contributed by atoms with Gasteiger partial charge in [-0.25, -0.2) is 4.98 Å². The minimum atomic E-state index is 0.328. The van der Waals surface area contributed by atoms with Crippen molar-refractivity contribution in [3.05, 3.63) is 45.1 Å². The molecule has 0 saturated carbocycles. The summed E-state index contributed by atoms with van der Waals surface area (Å²) >= 11 is 5.12. The number of halogens is 1. The highest BCUT2D eigenvalue weighted by atomic mass is 79.9. The molecule has 0 aromatic carbocycles. The minimum absolute atomic E-state index is 0.328. The monoisotopic (exact) mass is 311 g/mol. The molecule has 0 aliphatic heterocycles. The molecule has 0 amide bonds. The van der Waals surface area contributed by atoms with Crippen LogP contribution in [-0.4, -0.2) is 9.97 Å².